The second kappa shape index (κ2) is 9.04. The summed E-state index contributed by atoms with van der Waals surface area (Å²) in [7, 11) is 0. The average molecular weight is 281 g/mol. The number of nitrogens with zero attached hydrogens (tertiary/aromatic N) is 1. The molecule has 0 bridgehead atoms. The van der Waals surface area contributed by atoms with Crippen molar-refractivity contribution in [1.82, 2.24) is 10.2 Å². The van der Waals surface area contributed by atoms with Gasteiger partial charge in [-0.3, -0.25) is 0 Å². The third kappa shape index (κ3) is 5.73. The SMILES string of the molecule is CC(C)CCN(CCCC1CCNCC1)C1CCCC1. The topological polar surface area (TPSA) is 15.3 Å². The normalized spacial score (nSPS) is 22.2. The van der Waals surface area contributed by atoms with Crippen molar-refractivity contribution < 1.29 is 0 Å². The molecule has 0 aromatic carbocycles. The van der Waals surface area contributed by atoms with Crippen molar-refractivity contribution in [1.29, 1.82) is 0 Å². The fraction of sp³-hybridized carbons (Fsp3) is 1.00. The van der Waals surface area contributed by atoms with Crippen LogP contribution in [0.5, 0.6) is 0 Å². The molecule has 20 heavy (non-hydrogen) atoms. The summed E-state index contributed by atoms with van der Waals surface area (Å²) >= 11 is 0. The van der Waals surface area contributed by atoms with Gasteiger partial charge in [0.1, 0.15) is 0 Å². The van der Waals surface area contributed by atoms with Crippen LogP contribution in [0, 0.1) is 11.8 Å². The number of nitrogens with one attached hydrogen (secondary N) is 1. The lowest BCUT2D eigenvalue weighted by atomic mass is 9.93. The Hall–Kier alpha value is -0.0800. The van der Waals surface area contributed by atoms with Crippen LogP contribution in [0.15, 0.2) is 0 Å². The maximum absolute atomic E-state index is 3.48. The zero-order valence-corrected chi connectivity index (χ0v) is 13.9. The Morgan fingerprint density at radius 3 is 2.35 bits per heavy atom. The van der Waals surface area contributed by atoms with Crippen LogP contribution in [-0.2, 0) is 0 Å². The summed E-state index contributed by atoms with van der Waals surface area (Å²) in [6.45, 7) is 9.94. The molecule has 118 valence electrons. The summed E-state index contributed by atoms with van der Waals surface area (Å²) in [5, 5.41) is 3.48. The minimum absolute atomic E-state index is 0.850. The van der Waals surface area contributed by atoms with Crippen LogP contribution in [0.3, 0.4) is 0 Å². The van der Waals surface area contributed by atoms with E-state index >= 15 is 0 Å². The van der Waals surface area contributed by atoms with E-state index < -0.39 is 0 Å². The van der Waals surface area contributed by atoms with Gasteiger partial charge in [-0.2, -0.15) is 0 Å². The van der Waals surface area contributed by atoms with Crippen molar-refractivity contribution in [2.75, 3.05) is 26.2 Å². The molecule has 0 amide bonds. The number of hydrogen-bond acceptors (Lipinski definition) is 2. The van der Waals surface area contributed by atoms with Crippen molar-refractivity contribution in [3.8, 4) is 0 Å². The largest absolute Gasteiger partial charge is 0.317 e. The van der Waals surface area contributed by atoms with E-state index in [0.717, 1.165) is 17.9 Å². The molecule has 2 aliphatic rings. The molecule has 0 atom stereocenters. The van der Waals surface area contributed by atoms with Gasteiger partial charge in [-0.1, -0.05) is 26.7 Å². The summed E-state index contributed by atoms with van der Waals surface area (Å²) in [5.74, 6) is 1.86. The summed E-state index contributed by atoms with van der Waals surface area (Å²) in [6, 6.07) is 0.918. The monoisotopic (exact) mass is 280 g/mol. The Labute approximate surface area is 126 Å². The first-order valence-corrected chi connectivity index (χ1v) is 9.20. The van der Waals surface area contributed by atoms with Crippen molar-refractivity contribution >= 4 is 0 Å². The molecule has 1 saturated carbocycles. The number of hydrogen-bond donors (Lipinski definition) is 1. The van der Waals surface area contributed by atoms with Crippen LogP contribution >= 0.6 is 0 Å². The molecule has 1 aliphatic heterocycles. The predicted octanol–water partition coefficient (Wildman–Crippen LogP) is 4.06. The molecule has 2 rings (SSSR count). The molecule has 1 saturated heterocycles. The fourth-order valence-corrected chi connectivity index (χ4v) is 3.92. The lowest BCUT2D eigenvalue weighted by Gasteiger charge is -2.30. The molecule has 2 fully saturated rings. The van der Waals surface area contributed by atoms with E-state index in [9.17, 15) is 0 Å². The van der Waals surface area contributed by atoms with Crippen molar-refractivity contribution in [3.05, 3.63) is 0 Å². The first-order valence-electron chi connectivity index (χ1n) is 9.20. The lowest BCUT2D eigenvalue weighted by molar-refractivity contribution is 0.178. The van der Waals surface area contributed by atoms with Gasteiger partial charge in [-0.15, -0.1) is 0 Å². The highest BCUT2D eigenvalue weighted by atomic mass is 15.2. The van der Waals surface area contributed by atoms with Gasteiger partial charge in [0.2, 0.25) is 0 Å². The van der Waals surface area contributed by atoms with Crippen LogP contribution in [0.25, 0.3) is 0 Å². The molecule has 0 unspecified atom stereocenters. The molecule has 0 spiro atoms. The van der Waals surface area contributed by atoms with Gasteiger partial charge in [-0.25, -0.2) is 0 Å². The van der Waals surface area contributed by atoms with Gasteiger partial charge in [0.15, 0.2) is 0 Å². The minimum Gasteiger partial charge on any atom is -0.317 e. The fourth-order valence-electron chi connectivity index (χ4n) is 3.92. The van der Waals surface area contributed by atoms with Crippen LogP contribution in [0.4, 0.5) is 0 Å². The van der Waals surface area contributed by atoms with E-state index in [1.54, 1.807) is 0 Å². The zero-order chi connectivity index (χ0) is 14.2. The number of rotatable bonds is 8. The van der Waals surface area contributed by atoms with Gasteiger partial charge in [-0.05, 0) is 83.0 Å². The lowest BCUT2D eigenvalue weighted by Crippen LogP contribution is -2.36. The molecule has 1 heterocycles. The van der Waals surface area contributed by atoms with Crippen LogP contribution in [0.2, 0.25) is 0 Å². The predicted molar refractivity (Wildman–Crippen MR) is 88.1 cm³/mol. The first kappa shape index (κ1) is 16.3. The van der Waals surface area contributed by atoms with E-state index in [0.29, 0.717) is 0 Å². The van der Waals surface area contributed by atoms with Crippen molar-refractivity contribution in [2.45, 2.75) is 77.7 Å². The molecule has 2 nitrogen and oxygen atoms in total. The molecular formula is C18H36N2. The Balaban J connectivity index is 1.68. The standard InChI is InChI=1S/C18H36N2/c1-16(2)11-15-20(18-7-3-4-8-18)14-5-6-17-9-12-19-13-10-17/h16-19H,3-15H2,1-2H3. The maximum Gasteiger partial charge on any atom is 0.00952 e. The van der Waals surface area contributed by atoms with E-state index in [1.807, 2.05) is 0 Å². The first-order chi connectivity index (χ1) is 9.75. The summed E-state index contributed by atoms with van der Waals surface area (Å²) in [6.07, 6.45) is 13.0. The van der Waals surface area contributed by atoms with Crippen LogP contribution in [0.1, 0.15) is 71.6 Å². The summed E-state index contributed by atoms with van der Waals surface area (Å²) in [5.41, 5.74) is 0. The third-order valence-electron chi connectivity index (χ3n) is 5.35. The minimum atomic E-state index is 0.850. The smallest absolute Gasteiger partial charge is 0.00952 e. The number of piperidine rings is 1. The quantitative estimate of drug-likeness (QED) is 0.721. The highest BCUT2D eigenvalue weighted by Crippen LogP contribution is 2.25. The Morgan fingerprint density at radius 2 is 1.70 bits per heavy atom. The van der Waals surface area contributed by atoms with E-state index in [1.165, 1.54) is 84.0 Å². The van der Waals surface area contributed by atoms with Crippen LogP contribution < -0.4 is 5.32 Å². The van der Waals surface area contributed by atoms with E-state index in [4.69, 9.17) is 0 Å². The maximum atomic E-state index is 3.48. The van der Waals surface area contributed by atoms with E-state index in [-0.39, 0.29) is 0 Å². The molecule has 0 radical (unpaired) electrons. The zero-order valence-electron chi connectivity index (χ0n) is 13.9. The second-order valence-corrected chi connectivity index (χ2v) is 7.49. The molecule has 0 aromatic heterocycles. The van der Waals surface area contributed by atoms with Gasteiger partial charge < -0.3 is 10.2 Å². The third-order valence-corrected chi connectivity index (χ3v) is 5.35. The molecular weight excluding hydrogens is 244 g/mol. The molecule has 2 heteroatoms. The van der Waals surface area contributed by atoms with Gasteiger partial charge in [0.05, 0.1) is 0 Å². The highest BCUT2D eigenvalue weighted by molar-refractivity contribution is 4.78. The van der Waals surface area contributed by atoms with Crippen molar-refractivity contribution in [3.63, 3.8) is 0 Å². The molecule has 1 N–H and O–H groups in total. The Kier molecular flexibility index (Phi) is 7.37. The summed E-state index contributed by atoms with van der Waals surface area (Å²) in [4.78, 5) is 2.84. The molecule has 1 aliphatic carbocycles. The highest BCUT2D eigenvalue weighted by Gasteiger charge is 2.22. The Morgan fingerprint density at radius 1 is 1.00 bits per heavy atom. The second-order valence-electron chi connectivity index (χ2n) is 7.49. The molecule has 0 aromatic rings. The average Bonchev–Trinajstić information content (AvgIpc) is 2.97. The van der Waals surface area contributed by atoms with Crippen LogP contribution in [-0.4, -0.2) is 37.1 Å². The van der Waals surface area contributed by atoms with Gasteiger partial charge >= 0.3 is 0 Å². The van der Waals surface area contributed by atoms with E-state index in [2.05, 4.69) is 24.1 Å². The van der Waals surface area contributed by atoms with Gasteiger partial charge in [0.25, 0.3) is 0 Å². The van der Waals surface area contributed by atoms with Gasteiger partial charge in [0, 0.05) is 6.04 Å². The Bertz CT molecular complexity index is 240. The van der Waals surface area contributed by atoms with Crippen molar-refractivity contribution in [2.24, 2.45) is 11.8 Å². The summed E-state index contributed by atoms with van der Waals surface area (Å²) < 4.78 is 0.